The zero-order valence-electron chi connectivity index (χ0n) is 13.9. The SMILES string of the molecule is COc1ccccc1[C@@H](C)NC(=O)CCc1ccc2c(c1)OCO2. The van der Waals surface area contributed by atoms with Crippen molar-refractivity contribution in [3.8, 4) is 17.2 Å². The van der Waals surface area contributed by atoms with E-state index in [1.807, 2.05) is 49.4 Å². The Hall–Kier alpha value is -2.69. The predicted molar refractivity (Wildman–Crippen MR) is 90.4 cm³/mol. The molecule has 1 heterocycles. The first kappa shape index (κ1) is 16.2. The summed E-state index contributed by atoms with van der Waals surface area (Å²) in [4.78, 5) is 12.2. The Morgan fingerprint density at radius 3 is 2.83 bits per heavy atom. The summed E-state index contributed by atoms with van der Waals surface area (Å²) in [7, 11) is 1.63. The smallest absolute Gasteiger partial charge is 0.231 e. The Balaban J connectivity index is 1.55. The van der Waals surface area contributed by atoms with Crippen LogP contribution in [0.2, 0.25) is 0 Å². The molecule has 0 aromatic heterocycles. The second kappa shape index (κ2) is 7.25. The topological polar surface area (TPSA) is 56.8 Å². The molecule has 1 amide bonds. The van der Waals surface area contributed by atoms with E-state index in [-0.39, 0.29) is 18.7 Å². The Morgan fingerprint density at radius 2 is 2.00 bits per heavy atom. The van der Waals surface area contributed by atoms with E-state index in [1.54, 1.807) is 7.11 Å². The standard InChI is InChI=1S/C19H21NO4/c1-13(15-5-3-4-6-16(15)22-2)20-19(21)10-8-14-7-9-17-18(11-14)24-12-23-17/h3-7,9,11,13H,8,10,12H2,1-2H3,(H,20,21)/t13-/m1/s1. The van der Waals surface area contributed by atoms with Crippen molar-refractivity contribution in [3.05, 3.63) is 53.6 Å². The predicted octanol–water partition coefficient (Wildman–Crippen LogP) is 3.23. The highest BCUT2D eigenvalue weighted by molar-refractivity contribution is 5.76. The number of carbonyl (C=O) groups is 1. The zero-order valence-corrected chi connectivity index (χ0v) is 13.9. The lowest BCUT2D eigenvalue weighted by Crippen LogP contribution is -2.27. The maximum absolute atomic E-state index is 12.2. The lowest BCUT2D eigenvalue weighted by Gasteiger charge is -2.17. The molecule has 2 aromatic carbocycles. The molecule has 126 valence electrons. The summed E-state index contributed by atoms with van der Waals surface area (Å²) in [5, 5.41) is 3.02. The van der Waals surface area contributed by atoms with E-state index in [9.17, 15) is 4.79 Å². The second-order valence-corrected chi connectivity index (χ2v) is 5.72. The average Bonchev–Trinajstić information content (AvgIpc) is 3.07. The van der Waals surface area contributed by atoms with Crippen molar-refractivity contribution in [2.75, 3.05) is 13.9 Å². The minimum Gasteiger partial charge on any atom is -0.496 e. The van der Waals surface area contributed by atoms with Gasteiger partial charge in [-0.2, -0.15) is 0 Å². The van der Waals surface area contributed by atoms with Gasteiger partial charge in [-0.25, -0.2) is 0 Å². The third kappa shape index (κ3) is 3.62. The fourth-order valence-electron chi connectivity index (χ4n) is 2.77. The second-order valence-electron chi connectivity index (χ2n) is 5.72. The molecule has 1 aliphatic heterocycles. The number of nitrogens with one attached hydrogen (secondary N) is 1. The van der Waals surface area contributed by atoms with Crippen LogP contribution in [0.25, 0.3) is 0 Å². The molecule has 2 aromatic rings. The number of methoxy groups -OCH3 is 1. The van der Waals surface area contributed by atoms with E-state index in [4.69, 9.17) is 14.2 Å². The van der Waals surface area contributed by atoms with Crippen LogP contribution in [0, 0.1) is 0 Å². The Morgan fingerprint density at radius 1 is 1.21 bits per heavy atom. The maximum atomic E-state index is 12.2. The first-order valence-corrected chi connectivity index (χ1v) is 7.98. The van der Waals surface area contributed by atoms with Gasteiger partial charge in [-0.3, -0.25) is 4.79 Å². The van der Waals surface area contributed by atoms with Crippen LogP contribution in [0.5, 0.6) is 17.2 Å². The van der Waals surface area contributed by atoms with Gasteiger partial charge in [0.15, 0.2) is 11.5 Å². The molecular weight excluding hydrogens is 306 g/mol. The lowest BCUT2D eigenvalue weighted by molar-refractivity contribution is -0.121. The largest absolute Gasteiger partial charge is 0.496 e. The van der Waals surface area contributed by atoms with Crippen LogP contribution in [0.3, 0.4) is 0 Å². The zero-order chi connectivity index (χ0) is 16.9. The monoisotopic (exact) mass is 327 g/mol. The molecule has 0 radical (unpaired) electrons. The van der Waals surface area contributed by atoms with Gasteiger partial charge in [0, 0.05) is 12.0 Å². The van der Waals surface area contributed by atoms with E-state index in [0.717, 1.165) is 28.4 Å². The third-order valence-corrected chi connectivity index (χ3v) is 4.06. The van der Waals surface area contributed by atoms with Crippen LogP contribution in [0.4, 0.5) is 0 Å². The van der Waals surface area contributed by atoms with Crippen molar-refractivity contribution in [1.82, 2.24) is 5.32 Å². The van der Waals surface area contributed by atoms with Crippen LogP contribution in [0.15, 0.2) is 42.5 Å². The van der Waals surface area contributed by atoms with Gasteiger partial charge in [0.25, 0.3) is 0 Å². The Kier molecular flexibility index (Phi) is 4.89. The summed E-state index contributed by atoms with van der Waals surface area (Å²) < 4.78 is 16.0. The number of ether oxygens (including phenoxy) is 3. The van der Waals surface area contributed by atoms with Gasteiger partial charge in [-0.15, -0.1) is 0 Å². The lowest BCUT2D eigenvalue weighted by atomic mass is 10.1. The summed E-state index contributed by atoms with van der Waals surface area (Å²) in [5.41, 5.74) is 2.02. The summed E-state index contributed by atoms with van der Waals surface area (Å²) in [6.45, 7) is 2.21. The van der Waals surface area contributed by atoms with Crippen LogP contribution in [0.1, 0.15) is 30.5 Å². The van der Waals surface area contributed by atoms with Gasteiger partial charge in [-0.05, 0) is 37.1 Å². The number of para-hydroxylation sites is 1. The minimum absolute atomic E-state index is 0.00562. The van der Waals surface area contributed by atoms with E-state index in [0.29, 0.717) is 12.8 Å². The molecule has 1 atom stereocenters. The number of hydrogen-bond acceptors (Lipinski definition) is 4. The van der Waals surface area contributed by atoms with Crippen molar-refractivity contribution in [1.29, 1.82) is 0 Å². The van der Waals surface area contributed by atoms with Crippen molar-refractivity contribution < 1.29 is 19.0 Å². The molecule has 1 N–H and O–H groups in total. The van der Waals surface area contributed by atoms with Crippen molar-refractivity contribution in [3.63, 3.8) is 0 Å². The van der Waals surface area contributed by atoms with Gasteiger partial charge >= 0.3 is 0 Å². The van der Waals surface area contributed by atoms with Crippen LogP contribution < -0.4 is 19.5 Å². The van der Waals surface area contributed by atoms with E-state index < -0.39 is 0 Å². The molecule has 5 heteroatoms. The minimum atomic E-state index is -0.106. The highest BCUT2D eigenvalue weighted by Gasteiger charge is 2.15. The first-order chi connectivity index (χ1) is 11.7. The Bertz CT molecular complexity index is 729. The average molecular weight is 327 g/mol. The molecule has 0 aliphatic carbocycles. The molecular formula is C19H21NO4. The van der Waals surface area contributed by atoms with E-state index in [1.165, 1.54) is 0 Å². The number of aryl methyl sites for hydroxylation is 1. The van der Waals surface area contributed by atoms with Crippen molar-refractivity contribution >= 4 is 5.91 Å². The molecule has 0 fully saturated rings. The fourth-order valence-corrected chi connectivity index (χ4v) is 2.77. The summed E-state index contributed by atoms with van der Waals surface area (Å²) in [5.74, 6) is 2.29. The van der Waals surface area contributed by atoms with Gasteiger partial charge < -0.3 is 19.5 Å². The molecule has 3 rings (SSSR count). The van der Waals surface area contributed by atoms with Crippen molar-refractivity contribution in [2.24, 2.45) is 0 Å². The molecule has 0 saturated heterocycles. The summed E-state index contributed by atoms with van der Waals surface area (Å²) in [6, 6.07) is 13.4. The fraction of sp³-hybridized carbons (Fsp3) is 0.316. The number of fused-ring (bicyclic) bond motifs is 1. The first-order valence-electron chi connectivity index (χ1n) is 7.98. The van der Waals surface area contributed by atoms with Crippen molar-refractivity contribution in [2.45, 2.75) is 25.8 Å². The number of carbonyl (C=O) groups excluding carboxylic acids is 1. The molecule has 0 unspecified atom stereocenters. The van der Waals surface area contributed by atoms with E-state index in [2.05, 4.69) is 5.32 Å². The number of rotatable bonds is 6. The molecule has 0 saturated carbocycles. The number of amides is 1. The summed E-state index contributed by atoms with van der Waals surface area (Å²) >= 11 is 0. The highest BCUT2D eigenvalue weighted by Crippen LogP contribution is 2.32. The van der Waals surface area contributed by atoms with Crippen LogP contribution >= 0.6 is 0 Å². The number of hydrogen-bond donors (Lipinski definition) is 1. The molecule has 1 aliphatic rings. The highest BCUT2D eigenvalue weighted by atomic mass is 16.7. The van der Waals surface area contributed by atoms with Gasteiger partial charge in [-0.1, -0.05) is 24.3 Å². The van der Waals surface area contributed by atoms with Crippen LogP contribution in [-0.2, 0) is 11.2 Å². The maximum Gasteiger partial charge on any atom is 0.231 e. The normalized spacial score (nSPS) is 13.4. The van der Waals surface area contributed by atoms with E-state index >= 15 is 0 Å². The van der Waals surface area contributed by atoms with Gasteiger partial charge in [0.2, 0.25) is 12.7 Å². The van der Waals surface area contributed by atoms with Gasteiger partial charge in [0.1, 0.15) is 5.75 Å². The Labute approximate surface area is 141 Å². The molecule has 0 bridgehead atoms. The van der Waals surface area contributed by atoms with Gasteiger partial charge in [0.05, 0.1) is 13.2 Å². The summed E-state index contributed by atoms with van der Waals surface area (Å²) in [6.07, 6.45) is 1.07. The molecule has 5 nitrogen and oxygen atoms in total. The quantitative estimate of drug-likeness (QED) is 0.885. The molecule has 24 heavy (non-hydrogen) atoms. The van der Waals surface area contributed by atoms with Crippen LogP contribution in [-0.4, -0.2) is 19.8 Å². The third-order valence-electron chi connectivity index (χ3n) is 4.06. The number of benzene rings is 2. The molecule has 0 spiro atoms.